The van der Waals surface area contributed by atoms with Crippen LogP contribution < -0.4 is 10.1 Å². The van der Waals surface area contributed by atoms with E-state index in [9.17, 15) is 9.59 Å². The van der Waals surface area contributed by atoms with Gasteiger partial charge in [0.1, 0.15) is 5.41 Å². The normalized spacial score (nSPS) is 14.7. The Bertz CT molecular complexity index is 724. The second kappa shape index (κ2) is 6.70. The molecule has 0 spiro atoms. The number of benzene rings is 1. The van der Waals surface area contributed by atoms with Gasteiger partial charge in [-0.3, -0.25) is 9.59 Å². The number of nitrogens with one attached hydrogen (secondary N) is 1. The zero-order valence-corrected chi connectivity index (χ0v) is 13.1. The summed E-state index contributed by atoms with van der Waals surface area (Å²) in [5.41, 5.74) is 0.387. The number of carbonyl (C=O) groups excluding carboxylic acids is 1. The molecule has 2 aromatic rings. The molecule has 1 aromatic carbocycles. The minimum atomic E-state index is -1.26. The lowest BCUT2D eigenvalue weighted by molar-refractivity contribution is -0.147. The standard InChI is InChI=1S/C18H18N2O4/c21-16(18(9-10-18)17(22)23)20-14-6-7-15(19-12-14)24-11-8-13-4-2-1-3-5-13/h1-7,12H,8-11H2,(H,20,21)(H,22,23). The highest BCUT2D eigenvalue weighted by molar-refractivity contribution is 6.10. The van der Waals surface area contributed by atoms with Crippen LogP contribution in [0, 0.1) is 5.41 Å². The van der Waals surface area contributed by atoms with E-state index in [1.807, 2.05) is 30.3 Å². The van der Waals surface area contributed by atoms with Gasteiger partial charge in [-0.2, -0.15) is 0 Å². The van der Waals surface area contributed by atoms with Crippen LogP contribution in [0.2, 0.25) is 0 Å². The maximum Gasteiger partial charge on any atom is 0.319 e. The highest BCUT2D eigenvalue weighted by Gasteiger charge is 2.57. The predicted octanol–water partition coefficient (Wildman–Crippen LogP) is 2.51. The SMILES string of the molecule is O=C(O)C1(C(=O)Nc2ccc(OCCc3ccccc3)nc2)CC1. The summed E-state index contributed by atoms with van der Waals surface area (Å²) in [6.07, 6.45) is 3.00. The number of carboxylic acid groups (broad SMARTS) is 1. The van der Waals surface area contributed by atoms with Gasteiger partial charge in [-0.25, -0.2) is 4.98 Å². The minimum Gasteiger partial charge on any atom is -0.480 e. The van der Waals surface area contributed by atoms with Crippen LogP contribution in [0.4, 0.5) is 5.69 Å². The van der Waals surface area contributed by atoms with Crippen molar-refractivity contribution in [3.63, 3.8) is 0 Å². The Morgan fingerprint density at radius 3 is 2.50 bits per heavy atom. The van der Waals surface area contributed by atoms with Gasteiger partial charge in [0.15, 0.2) is 0 Å². The summed E-state index contributed by atoms with van der Waals surface area (Å²) < 4.78 is 5.57. The third-order valence-electron chi connectivity index (χ3n) is 4.07. The average molecular weight is 326 g/mol. The van der Waals surface area contributed by atoms with Gasteiger partial charge in [0.2, 0.25) is 11.8 Å². The van der Waals surface area contributed by atoms with Gasteiger partial charge in [-0.05, 0) is 24.5 Å². The molecule has 2 N–H and O–H groups in total. The fourth-order valence-corrected chi connectivity index (χ4v) is 2.37. The van der Waals surface area contributed by atoms with Gasteiger partial charge < -0.3 is 15.2 Å². The molecule has 1 saturated carbocycles. The van der Waals surface area contributed by atoms with E-state index >= 15 is 0 Å². The summed E-state index contributed by atoms with van der Waals surface area (Å²) in [6, 6.07) is 13.3. The number of pyridine rings is 1. The smallest absolute Gasteiger partial charge is 0.319 e. The van der Waals surface area contributed by atoms with E-state index in [1.165, 1.54) is 11.8 Å². The van der Waals surface area contributed by atoms with Crippen molar-refractivity contribution < 1.29 is 19.4 Å². The molecule has 1 heterocycles. The molecule has 3 rings (SSSR count). The van der Waals surface area contributed by atoms with Crippen LogP contribution in [0.1, 0.15) is 18.4 Å². The summed E-state index contributed by atoms with van der Waals surface area (Å²) >= 11 is 0. The third-order valence-corrected chi connectivity index (χ3v) is 4.07. The quantitative estimate of drug-likeness (QED) is 0.763. The second-order valence-electron chi connectivity index (χ2n) is 5.81. The zero-order valence-electron chi connectivity index (χ0n) is 13.1. The van der Waals surface area contributed by atoms with Crippen LogP contribution in [0.5, 0.6) is 5.88 Å². The second-order valence-corrected chi connectivity index (χ2v) is 5.81. The van der Waals surface area contributed by atoms with E-state index in [2.05, 4.69) is 10.3 Å². The van der Waals surface area contributed by atoms with E-state index in [1.54, 1.807) is 12.1 Å². The summed E-state index contributed by atoms with van der Waals surface area (Å²) in [5.74, 6) is -1.10. The maximum atomic E-state index is 12.0. The number of aliphatic carboxylic acids is 1. The van der Waals surface area contributed by atoms with Gasteiger partial charge >= 0.3 is 5.97 Å². The number of anilines is 1. The number of hydrogen-bond acceptors (Lipinski definition) is 4. The van der Waals surface area contributed by atoms with Crippen molar-refractivity contribution in [2.24, 2.45) is 5.41 Å². The molecule has 0 unspecified atom stereocenters. The van der Waals surface area contributed by atoms with Gasteiger partial charge in [0, 0.05) is 12.5 Å². The van der Waals surface area contributed by atoms with Crippen molar-refractivity contribution in [3.8, 4) is 5.88 Å². The van der Waals surface area contributed by atoms with Crippen LogP contribution in [-0.4, -0.2) is 28.6 Å². The number of hydrogen-bond donors (Lipinski definition) is 2. The van der Waals surface area contributed by atoms with Crippen molar-refractivity contribution >= 4 is 17.6 Å². The minimum absolute atomic E-state index is 0.377. The number of amides is 1. The molecule has 1 aliphatic rings. The van der Waals surface area contributed by atoms with Crippen LogP contribution in [0.15, 0.2) is 48.7 Å². The Labute approximate surface area is 139 Å². The fourth-order valence-electron chi connectivity index (χ4n) is 2.37. The summed E-state index contributed by atoms with van der Waals surface area (Å²) in [5, 5.41) is 11.7. The molecule has 124 valence electrons. The Morgan fingerprint density at radius 1 is 1.17 bits per heavy atom. The molecule has 24 heavy (non-hydrogen) atoms. The van der Waals surface area contributed by atoms with Gasteiger partial charge in [-0.1, -0.05) is 30.3 Å². The molecular weight excluding hydrogens is 308 g/mol. The Balaban J connectivity index is 1.50. The van der Waals surface area contributed by atoms with Crippen molar-refractivity contribution in [2.45, 2.75) is 19.3 Å². The lowest BCUT2D eigenvalue weighted by Gasteiger charge is -2.11. The van der Waals surface area contributed by atoms with E-state index in [-0.39, 0.29) is 0 Å². The van der Waals surface area contributed by atoms with Crippen molar-refractivity contribution in [1.29, 1.82) is 0 Å². The van der Waals surface area contributed by atoms with E-state index in [0.29, 0.717) is 31.0 Å². The molecule has 1 aliphatic carbocycles. The molecule has 6 nitrogen and oxygen atoms in total. The third kappa shape index (κ3) is 3.53. The van der Waals surface area contributed by atoms with E-state index < -0.39 is 17.3 Å². The summed E-state index contributed by atoms with van der Waals surface area (Å²) in [7, 11) is 0. The number of aromatic nitrogens is 1. The fraction of sp³-hybridized carbons (Fsp3) is 0.278. The Kier molecular flexibility index (Phi) is 4.46. The number of carbonyl (C=O) groups is 2. The topological polar surface area (TPSA) is 88.5 Å². The van der Waals surface area contributed by atoms with Crippen LogP contribution >= 0.6 is 0 Å². The highest BCUT2D eigenvalue weighted by Crippen LogP contribution is 2.46. The van der Waals surface area contributed by atoms with Crippen molar-refractivity contribution in [3.05, 3.63) is 54.2 Å². The van der Waals surface area contributed by atoms with Crippen molar-refractivity contribution in [1.82, 2.24) is 4.98 Å². The lowest BCUT2D eigenvalue weighted by atomic mass is 10.1. The average Bonchev–Trinajstić information content (AvgIpc) is 3.39. The first-order valence-corrected chi connectivity index (χ1v) is 7.78. The molecule has 6 heteroatoms. The predicted molar refractivity (Wildman–Crippen MR) is 87.8 cm³/mol. The molecule has 0 bridgehead atoms. The summed E-state index contributed by atoms with van der Waals surface area (Å²) in [6.45, 7) is 0.505. The first-order chi connectivity index (χ1) is 11.6. The summed E-state index contributed by atoms with van der Waals surface area (Å²) in [4.78, 5) is 27.2. The van der Waals surface area contributed by atoms with Gasteiger partial charge in [-0.15, -0.1) is 0 Å². The van der Waals surface area contributed by atoms with Crippen LogP contribution in [-0.2, 0) is 16.0 Å². The van der Waals surface area contributed by atoms with Crippen molar-refractivity contribution in [2.75, 3.05) is 11.9 Å². The molecule has 0 saturated heterocycles. The molecule has 1 amide bonds. The van der Waals surface area contributed by atoms with Crippen LogP contribution in [0.25, 0.3) is 0 Å². The van der Waals surface area contributed by atoms with Gasteiger partial charge in [0.25, 0.3) is 0 Å². The number of carboxylic acids is 1. The molecule has 0 aliphatic heterocycles. The maximum absolute atomic E-state index is 12.0. The molecule has 0 radical (unpaired) electrons. The molecule has 0 atom stereocenters. The largest absolute Gasteiger partial charge is 0.480 e. The Hall–Kier alpha value is -2.89. The number of ether oxygens (including phenoxy) is 1. The number of nitrogens with zero attached hydrogens (tertiary/aromatic N) is 1. The number of rotatable bonds is 7. The first-order valence-electron chi connectivity index (χ1n) is 7.78. The molecule has 1 fully saturated rings. The lowest BCUT2D eigenvalue weighted by Crippen LogP contribution is -2.31. The monoisotopic (exact) mass is 326 g/mol. The molecule has 1 aromatic heterocycles. The zero-order chi connectivity index (χ0) is 17.0. The van der Waals surface area contributed by atoms with E-state index in [0.717, 1.165) is 6.42 Å². The first kappa shape index (κ1) is 16.0. The van der Waals surface area contributed by atoms with Crippen LogP contribution in [0.3, 0.4) is 0 Å². The van der Waals surface area contributed by atoms with Gasteiger partial charge in [0.05, 0.1) is 18.5 Å². The Morgan fingerprint density at radius 2 is 1.92 bits per heavy atom. The molecular formula is C18H18N2O4. The van der Waals surface area contributed by atoms with E-state index in [4.69, 9.17) is 9.84 Å². The highest BCUT2D eigenvalue weighted by atomic mass is 16.5.